The van der Waals surface area contributed by atoms with Crippen molar-refractivity contribution in [2.75, 3.05) is 13.6 Å². The van der Waals surface area contributed by atoms with E-state index < -0.39 is 58.4 Å². The molecule has 1 rings (SSSR count). The molecule has 0 aromatic heterocycles. The minimum absolute atomic E-state index is 0.0518. The summed E-state index contributed by atoms with van der Waals surface area (Å²) in [5.74, 6) is -2.86. The average Bonchev–Trinajstić information content (AvgIpc) is 2.70. The number of amides is 3. The molecule has 0 bridgehead atoms. The number of hydrogen-bond donors (Lipinski definition) is 3. The second-order valence-corrected chi connectivity index (χ2v) is 9.66. The quantitative estimate of drug-likeness (QED) is 0.339. The lowest BCUT2D eigenvalue weighted by Crippen LogP contribution is -2.59. The highest BCUT2D eigenvalue weighted by molar-refractivity contribution is 5.93. The molecule has 9 nitrogen and oxygen atoms in total. The number of nitrogens with one attached hydrogen (secondary N) is 3. The zero-order valence-electron chi connectivity index (χ0n) is 20.1. The molecule has 0 saturated heterocycles. The summed E-state index contributed by atoms with van der Waals surface area (Å²) in [7, 11) is 1.43. The van der Waals surface area contributed by atoms with Crippen LogP contribution in [0.3, 0.4) is 0 Å². The number of carbonyl (C=O) groups is 3. The molecule has 0 unspecified atom stereocenters. The fourth-order valence-electron chi connectivity index (χ4n) is 3.44. The predicted octanol–water partition coefficient (Wildman–Crippen LogP) is 2.07. The van der Waals surface area contributed by atoms with Gasteiger partial charge in [-0.3, -0.25) is 24.5 Å². The Hall–Kier alpha value is -3.04. The Morgan fingerprint density at radius 3 is 2.06 bits per heavy atom. The largest absolute Gasteiger partial charge is 0.357 e. The molecule has 1 aromatic rings. The number of likely N-dealkylation sites (N-methyl/N-ethyl adjacent to an activating group) is 1. The van der Waals surface area contributed by atoms with Crippen molar-refractivity contribution in [2.24, 2.45) is 17.3 Å². The maximum Gasteiger partial charge on any atom is 0.243 e. The Balaban J connectivity index is 3.07. The summed E-state index contributed by atoms with van der Waals surface area (Å²) in [6, 6.07) is 3.58. The number of rotatable bonds is 11. The second-order valence-electron chi connectivity index (χ2n) is 9.66. The topological polar surface area (TPSA) is 130 Å². The van der Waals surface area contributed by atoms with E-state index in [9.17, 15) is 28.9 Å². The Bertz CT molecular complexity index is 836. The molecule has 3 N–H and O–H groups in total. The summed E-state index contributed by atoms with van der Waals surface area (Å²) < 4.78 is 13.2. The van der Waals surface area contributed by atoms with Gasteiger partial charge in [0.25, 0.3) is 0 Å². The fourth-order valence-corrected chi connectivity index (χ4v) is 3.44. The molecular formula is C23H35FN4O5. The molecule has 0 aliphatic heterocycles. The van der Waals surface area contributed by atoms with Gasteiger partial charge in [0.15, 0.2) is 0 Å². The van der Waals surface area contributed by atoms with Crippen molar-refractivity contribution < 1.29 is 23.7 Å². The van der Waals surface area contributed by atoms with Gasteiger partial charge in [-0.15, -0.1) is 0 Å². The van der Waals surface area contributed by atoms with Gasteiger partial charge >= 0.3 is 0 Å². The second kappa shape index (κ2) is 12.3. The van der Waals surface area contributed by atoms with Gasteiger partial charge in [-0.2, -0.15) is 0 Å². The van der Waals surface area contributed by atoms with Crippen molar-refractivity contribution in [3.05, 3.63) is 45.8 Å². The third kappa shape index (κ3) is 9.55. The first-order valence-electron chi connectivity index (χ1n) is 10.9. The monoisotopic (exact) mass is 466 g/mol. The van der Waals surface area contributed by atoms with Crippen LogP contribution in [-0.4, -0.2) is 48.3 Å². The summed E-state index contributed by atoms with van der Waals surface area (Å²) in [6.45, 7) is 8.43. The van der Waals surface area contributed by atoms with Crippen LogP contribution in [0, 0.1) is 33.2 Å². The standard InChI is InChI=1S/C23H35FN4O5/c1-14(2)11-16(13-28(32)33)20(29)27-19(23(3,4)5)22(31)26-18(21(30)25-6)12-15-7-9-17(24)10-8-15/h7-10,14,16,18-19H,11-13H2,1-6H3,(H,25,30)(H,26,31)(H,27,29)/t16-,18+,19-/m1/s1. The fraction of sp³-hybridized carbons (Fsp3) is 0.609. The first-order chi connectivity index (χ1) is 15.2. The van der Waals surface area contributed by atoms with Crippen molar-refractivity contribution in [1.82, 2.24) is 16.0 Å². The summed E-state index contributed by atoms with van der Waals surface area (Å²) in [4.78, 5) is 48.9. The zero-order valence-corrected chi connectivity index (χ0v) is 20.1. The molecular weight excluding hydrogens is 431 g/mol. The summed E-state index contributed by atoms with van der Waals surface area (Å²) in [5.41, 5.74) is -0.0931. The molecule has 3 atom stereocenters. The van der Waals surface area contributed by atoms with Gasteiger partial charge in [0, 0.05) is 18.4 Å². The Morgan fingerprint density at radius 2 is 1.61 bits per heavy atom. The molecule has 184 valence electrons. The molecule has 0 saturated carbocycles. The van der Waals surface area contributed by atoms with Crippen molar-refractivity contribution in [1.29, 1.82) is 0 Å². The van der Waals surface area contributed by atoms with Gasteiger partial charge in [0.1, 0.15) is 23.8 Å². The average molecular weight is 467 g/mol. The van der Waals surface area contributed by atoms with Gasteiger partial charge in [-0.1, -0.05) is 46.8 Å². The van der Waals surface area contributed by atoms with Crippen LogP contribution in [-0.2, 0) is 20.8 Å². The van der Waals surface area contributed by atoms with Crippen molar-refractivity contribution in [3.8, 4) is 0 Å². The lowest BCUT2D eigenvalue weighted by Gasteiger charge is -2.32. The minimum atomic E-state index is -1.04. The predicted molar refractivity (Wildman–Crippen MR) is 122 cm³/mol. The van der Waals surface area contributed by atoms with Crippen molar-refractivity contribution in [2.45, 2.75) is 59.5 Å². The van der Waals surface area contributed by atoms with Crippen LogP contribution >= 0.6 is 0 Å². The normalized spacial score (nSPS) is 14.2. The Labute approximate surface area is 194 Å². The third-order valence-electron chi connectivity index (χ3n) is 5.14. The molecule has 0 radical (unpaired) electrons. The van der Waals surface area contributed by atoms with E-state index in [1.807, 2.05) is 13.8 Å². The summed E-state index contributed by atoms with van der Waals surface area (Å²) in [6.07, 6.45) is 0.421. The molecule has 0 spiro atoms. The van der Waals surface area contributed by atoms with Gasteiger partial charge in [-0.25, -0.2) is 4.39 Å². The van der Waals surface area contributed by atoms with E-state index in [1.54, 1.807) is 20.8 Å². The van der Waals surface area contributed by atoms with E-state index in [0.29, 0.717) is 12.0 Å². The van der Waals surface area contributed by atoms with Gasteiger partial charge < -0.3 is 16.0 Å². The molecule has 0 fully saturated rings. The van der Waals surface area contributed by atoms with Crippen LogP contribution in [0.1, 0.15) is 46.6 Å². The Kier molecular flexibility index (Phi) is 10.4. The number of nitrogens with zero attached hydrogens (tertiary/aromatic N) is 1. The van der Waals surface area contributed by atoms with E-state index in [-0.39, 0.29) is 12.3 Å². The van der Waals surface area contributed by atoms with Crippen LogP contribution < -0.4 is 16.0 Å². The summed E-state index contributed by atoms with van der Waals surface area (Å²) in [5, 5.41) is 18.9. The van der Waals surface area contributed by atoms with Gasteiger partial charge in [0.05, 0.1) is 0 Å². The van der Waals surface area contributed by atoms with E-state index in [4.69, 9.17) is 0 Å². The zero-order chi connectivity index (χ0) is 25.3. The highest BCUT2D eigenvalue weighted by atomic mass is 19.1. The van der Waals surface area contributed by atoms with E-state index >= 15 is 0 Å². The van der Waals surface area contributed by atoms with Gasteiger partial charge in [-0.05, 0) is 35.4 Å². The number of halogens is 1. The lowest BCUT2D eigenvalue weighted by molar-refractivity contribution is -0.486. The number of carbonyl (C=O) groups excluding carboxylic acids is 3. The smallest absolute Gasteiger partial charge is 0.243 e. The van der Waals surface area contributed by atoms with Crippen LogP contribution in [0.15, 0.2) is 24.3 Å². The van der Waals surface area contributed by atoms with E-state index in [1.165, 1.54) is 31.3 Å². The number of hydrogen-bond acceptors (Lipinski definition) is 5. The highest BCUT2D eigenvalue weighted by Gasteiger charge is 2.37. The molecule has 0 heterocycles. The summed E-state index contributed by atoms with van der Waals surface area (Å²) >= 11 is 0. The highest BCUT2D eigenvalue weighted by Crippen LogP contribution is 2.22. The molecule has 0 aliphatic carbocycles. The minimum Gasteiger partial charge on any atom is -0.357 e. The van der Waals surface area contributed by atoms with Crippen LogP contribution in [0.25, 0.3) is 0 Å². The molecule has 1 aromatic carbocycles. The number of benzene rings is 1. The van der Waals surface area contributed by atoms with Crippen LogP contribution in [0.4, 0.5) is 4.39 Å². The maximum atomic E-state index is 13.2. The lowest BCUT2D eigenvalue weighted by atomic mass is 9.85. The molecule has 33 heavy (non-hydrogen) atoms. The first-order valence-corrected chi connectivity index (χ1v) is 10.9. The molecule has 0 aliphatic rings. The SMILES string of the molecule is CNC(=O)[C@H](Cc1ccc(F)cc1)NC(=O)[C@@H](NC(=O)[C@H](CC(C)C)C[N+](=O)[O-])C(C)(C)C. The third-order valence-corrected chi connectivity index (χ3v) is 5.14. The van der Waals surface area contributed by atoms with Crippen LogP contribution in [0.2, 0.25) is 0 Å². The maximum absolute atomic E-state index is 13.2. The van der Waals surface area contributed by atoms with E-state index in [2.05, 4.69) is 16.0 Å². The van der Waals surface area contributed by atoms with Gasteiger partial charge in [0.2, 0.25) is 24.3 Å². The van der Waals surface area contributed by atoms with Crippen molar-refractivity contribution >= 4 is 17.7 Å². The number of nitro groups is 1. The Morgan fingerprint density at radius 1 is 1.03 bits per heavy atom. The molecule has 10 heteroatoms. The van der Waals surface area contributed by atoms with E-state index in [0.717, 1.165) is 0 Å². The molecule has 3 amide bonds. The first kappa shape index (κ1) is 28.0. The van der Waals surface area contributed by atoms with Crippen molar-refractivity contribution in [3.63, 3.8) is 0 Å². The van der Waals surface area contributed by atoms with Crippen LogP contribution in [0.5, 0.6) is 0 Å².